The molecule has 0 amide bonds. The topological polar surface area (TPSA) is 46.2 Å². The Hall–Kier alpha value is -0.450. The van der Waals surface area contributed by atoms with Crippen LogP contribution in [0.2, 0.25) is 0 Å². The fraction of sp³-hybridized carbons (Fsp3) is 0.600. The van der Waals surface area contributed by atoms with Crippen LogP contribution in [-0.2, 0) is 0 Å². The van der Waals surface area contributed by atoms with E-state index in [0.29, 0.717) is 22.9 Å². The van der Waals surface area contributed by atoms with Crippen molar-refractivity contribution in [3.8, 4) is 0 Å². The fourth-order valence-corrected chi connectivity index (χ4v) is 4.78. The molecule has 4 heteroatoms. The molecule has 2 nitrogen and oxygen atoms in total. The zero-order valence-corrected chi connectivity index (χ0v) is 12.4. The second kappa shape index (κ2) is 4.83. The molecule has 19 heavy (non-hydrogen) atoms. The van der Waals surface area contributed by atoms with Crippen LogP contribution in [0.25, 0.3) is 0 Å². The molecular weight excluding hydrogens is 309 g/mol. The van der Waals surface area contributed by atoms with Gasteiger partial charge in [-0.05, 0) is 48.8 Å². The molecule has 104 valence electrons. The van der Waals surface area contributed by atoms with Gasteiger partial charge in [0.2, 0.25) is 0 Å². The van der Waals surface area contributed by atoms with E-state index < -0.39 is 6.10 Å². The highest BCUT2D eigenvalue weighted by Crippen LogP contribution is 2.60. The van der Waals surface area contributed by atoms with E-state index in [1.165, 1.54) is 25.0 Å². The zero-order chi connectivity index (χ0) is 13.6. The Kier molecular flexibility index (Phi) is 3.44. The zero-order valence-electron chi connectivity index (χ0n) is 10.8. The number of rotatable bonds is 3. The van der Waals surface area contributed by atoms with Crippen LogP contribution in [0, 0.1) is 23.1 Å². The average Bonchev–Trinajstić information content (AvgIpc) is 2.98. The van der Waals surface area contributed by atoms with Crippen LogP contribution in [0.4, 0.5) is 4.39 Å². The van der Waals surface area contributed by atoms with Crippen molar-refractivity contribution in [3.63, 3.8) is 0 Å². The van der Waals surface area contributed by atoms with Crippen LogP contribution in [-0.4, -0.2) is 11.7 Å². The first-order valence-corrected chi connectivity index (χ1v) is 7.69. The van der Waals surface area contributed by atoms with E-state index in [1.807, 2.05) is 0 Å². The Balaban J connectivity index is 1.96. The summed E-state index contributed by atoms with van der Waals surface area (Å²) in [5.74, 6) is 0.925. The number of benzene rings is 1. The van der Waals surface area contributed by atoms with Gasteiger partial charge in [-0.3, -0.25) is 0 Å². The second-order valence-electron chi connectivity index (χ2n) is 6.09. The predicted octanol–water partition coefficient (Wildman–Crippen LogP) is 3.39. The quantitative estimate of drug-likeness (QED) is 0.893. The van der Waals surface area contributed by atoms with Crippen molar-refractivity contribution >= 4 is 15.9 Å². The molecule has 2 aliphatic carbocycles. The highest BCUT2D eigenvalue weighted by molar-refractivity contribution is 9.10. The first-order chi connectivity index (χ1) is 9.06. The van der Waals surface area contributed by atoms with Crippen molar-refractivity contribution in [2.45, 2.75) is 31.8 Å². The standard InChI is InChI=1S/C15H19BrFNO/c16-13-6-11(17)3-4-12(13)14(19)15(8-18)7-9-1-2-10(15)5-9/h3-4,6,9-10,14,19H,1-2,5,7-8,18H2. The number of hydrogen-bond donors (Lipinski definition) is 2. The molecule has 3 N–H and O–H groups in total. The van der Waals surface area contributed by atoms with E-state index in [1.54, 1.807) is 6.07 Å². The third-order valence-corrected chi connectivity index (χ3v) is 5.89. The normalized spacial score (nSPS) is 34.7. The largest absolute Gasteiger partial charge is 0.388 e. The number of halogens is 2. The summed E-state index contributed by atoms with van der Waals surface area (Å²) in [6.45, 7) is 0.499. The lowest BCUT2D eigenvalue weighted by molar-refractivity contribution is -0.0135. The molecule has 1 aromatic carbocycles. The van der Waals surface area contributed by atoms with Crippen molar-refractivity contribution in [2.24, 2.45) is 23.0 Å². The van der Waals surface area contributed by atoms with Gasteiger partial charge in [0.15, 0.2) is 0 Å². The molecule has 2 bridgehead atoms. The molecular formula is C15H19BrFNO. The van der Waals surface area contributed by atoms with Gasteiger partial charge in [0.1, 0.15) is 5.82 Å². The Morgan fingerprint density at radius 1 is 1.47 bits per heavy atom. The van der Waals surface area contributed by atoms with Crippen molar-refractivity contribution in [3.05, 3.63) is 34.1 Å². The number of aliphatic hydroxyl groups excluding tert-OH is 1. The Bertz CT molecular complexity index is 495. The molecule has 0 aromatic heterocycles. The van der Waals surface area contributed by atoms with Crippen LogP contribution in [0.3, 0.4) is 0 Å². The molecule has 4 atom stereocenters. The highest BCUT2D eigenvalue weighted by Gasteiger charge is 2.54. The Labute approximate surface area is 121 Å². The molecule has 1 aromatic rings. The molecule has 0 heterocycles. The second-order valence-corrected chi connectivity index (χ2v) is 6.94. The van der Waals surface area contributed by atoms with Crippen molar-refractivity contribution in [1.29, 1.82) is 0 Å². The summed E-state index contributed by atoms with van der Waals surface area (Å²) in [7, 11) is 0. The van der Waals surface area contributed by atoms with Gasteiger partial charge in [-0.1, -0.05) is 28.4 Å². The van der Waals surface area contributed by atoms with Gasteiger partial charge in [0.25, 0.3) is 0 Å². The lowest BCUT2D eigenvalue weighted by Crippen LogP contribution is -2.41. The van der Waals surface area contributed by atoms with Crippen LogP contribution >= 0.6 is 15.9 Å². The van der Waals surface area contributed by atoms with Gasteiger partial charge in [0, 0.05) is 16.4 Å². The lowest BCUT2D eigenvalue weighted by atomic mass is 9.67. The predicted molar refractivity (Wildman–Crippen MR) is 76.0 cm³/mol. The molecule has 4 unspecified atom stereocenters. The average molecular weight is 328 g/mol. The maximum absolute atomic E-state index is 13.2. The van der Waals surface area contributed by atoms with E-state index in [9.17, 15) is 9.50 Å². The number of aliphatic hydroxyl groups is 1. The SMILES string of the molecule is NCC1(C(O)c2ccc(F)cc2Br)CC2CCC1C2. The molecule has 2 fully saturated rings. The van der Waals surface area contributed by atoms with E-state index in [-0.39, 0.29) is 11.2 Å². The molecule has 0 saturated heterocycles. The molecule has 0 radical (unpaired) electrons. The van der Waals surface area contributed by atoms with Crippen molar-refractivity contribution in [1.82, 2.24) is 0 Å². The number of nitrogens with two attached hydrogens (primary N) is 1. The Morgan fingerprint density at radius 3 is 2.79 bits per heavy atom. The third-order valence-electron chi connectivity index (χ3n) is 5.20. The van der Waals surface area contributed by atoms with E-state index >= 15 is 0 Å². The Morgan fingerprint density at radius 2 is 2.26 bits per heavy atom. The van der Waals surface area contributed by atoms with Crippen LogP contribution < -0.4 is 5.73 Å². The lowest BCUT2D eigenvalue weighted by Gasteiger charge is -2.41. The van der Waals surface area contributed by atoms with Crippen molar-refractivity contribution in [2.75, 3.05) is 6.54 Å². The van der Waals surface area contributed by atoms with Gasteiger partial charge in [-0.2, -0.15) is 0 Å². The monoisotopic (exact) mass is 327 g/mol. The third kappa shape index (κ3) is 2.05. The summed E-state index contributed by atoms with van der Waals surface area (Å²) < 4.78 is 13.8. The molecule has 3 rings (SSSR count). The van der Waals surface area contributed by atoms with E-state index in [4.69, 9.17) is 5.73 Å². The van der Waals surface area contributed by atoms with Gasteiger partial charge in [-0.15, -0.1) is 0 Å². The highest BCUT2D eigenvalue weighted by atomic mass is 79.9. The molecule has 2 saturated carbocycles. The first-order valence-electron chi connectivity index (χ1n) is 6.90. The van der Waals surface area contributed by atoms with Gasteiger partial charge in [-0.25, -0.2) is 4.39 Å². The maximum Gasteiger partial charge on any atom is 0.124 e. The first kappa shape index (κ1) is 13.5. The smallest absolute Gasteiger partial charge is 0.124 e. The molecule has 0 aliphatic heterocycles. The summed E-state index contributed by atoms with van der Waals surface area (Å²) in [5.41, 5.74) is 6.57. The summed E-state index contributed by atoms with van der Waals surface area (Å²) in [5, 5.41) is 10.8. The fourth-order valence-electron chi connectivity index (χ4n) is 4.22. The molecule has 2 aliphatic rings. The van der Waals surface area contributed by atoms with Gasteiger partial charge < -0.3 is 10.8 Å². The maximum atomic E-state index is 13.2. The van der Waals surface area contributed by atoms with E-state index in [0.717, 1.165) is 18.4 Å². The number of hydrogen-bond acceptors (Lipinski definition) is 2. The summed E-state index contributed by atoms with van der Waals surface area (Å²) in [4.78, 5) is 0. The van der Waals surface area contributed by atoms with Crippen LogP contribution in [0.5, 0.6) is 0 Å². The summed E-state index contributed by atoms with van der Waals surface area (Å²) in [6, 6.07) is 4.49. The van der Waals surface area contributed by atoms with Crippen LogP contribution in [0.15, 0.2) is 22.7 Å². The minimum atomic E-state index is -0.609. The number of fused-ring (bicyclic) bond motifs is 2. The summed E-state index contributed by atoms with van der Waals surface area (Å²) >= 11 is 3.36. The molecule has 0 spiro atoms. The minimum Gasteiger partial charge on any atom is -0.388 e. The van der Waals surface area contributed by atoms with Crippen molar-refractivity contribution < 1.29 is 9.50 Å². The van der Waals surface area contributed by atoms with Gasteiger partial charge in [0.05, 0.1) is 6.10 Å². The summed E-state index contributed by atoms with van der Waals surface area (Å²) in [6.07, 6.45) is 4.01. The van der Waals surface area contributed by atoms with E-state index in [2.05, 4.69) is 15.9 Å². The minimum absolute atomic E-state index is 0.219. The van der Waals surface area contributed by atoms with Crippen LogP contribution in [0.1, 0.15) is 37.4 Å². The van der Waals surface area contributed by atoms with Gasteiger partial charge >= 0.3 is 0 Å².